The molecule has 2 saturated heterocycles. The topological polar surface area (TPSA) is 85.6 Å². The third-order valence-corrected chi connectivity index (χ3v) is 6.77. The number of likely N-dealkylation sites (tertiary alicyclic amines) is 1. The van der Waals surface area contributed by atoms with Crippen molar-refractivity contribution in [2.75, 3.05) is 53.1 Å². The normalized spacial score (nSPS) is 23.4. The number of hydrogen-bond donors (Lipinski definition) is 0. The molecular formula is C19H28N6O3S. The molecule has 1 amide bonds. The zero-order valence-electron chi connectivity index (χ0n) is 17.0. The van der Waals surface area contributed by atoms with E-state index in [0.717, 1.165) is 48.1 Å². The molecule has 2 aliphatic heterocycles. The molecule has 0 saturated carbocycles. The third-order valence-electron chi connectivity index (χ3n) is 5.78. The van der Waals surface area contributed by atoms with Gasteiger partial charge in [0.2, 0.25) is 0 Å². The fourth-order valence-corrected chi connectivity index (χ4v) is 5.19. The van der Waals surface area contributed by atoms with E-state index in [9.17, 15) is 4.79 Å². The molecule has 4 rings (SSSR count). The standard InChI is InChI=1S/C19H28N6O3S/c1-15-4-5-16(29-15)17(26)23-7-3-6-19(14-23,24-8-12-28-13-9-24)18-20-21-22-25(18)10-11-27-2/h4-5H,3,6-14H2,1-2H3. The molecule has 2 aromatic rings. The average molecular weight is 421 g/mol. The summed E-state index contributed by atoms with van der Waals surface area (Å²) in [5.41, 5.74) is -0.415. The Hall–Kier alpha value is -1.88. The molecule has 1 unspecified atom stereocenters. The van der Waals surface area contributed by atoms with E-state index in [0.29, 0.717) is 32.9 Å². The van der Waals surface area contributed by atoms with Crippen LogP contribution in [-0.4, -0.2) is 89.0 Å². The molecule has 0 radical (unpaired) electrons. The molecule has 9 nitrogen and oxygen atoms in total. The molecular weight excluding hydrogens is 392 g/mol. The van der Waals surface area contributed by atoms with Crippen molar-refractivity contribution >= 4 is 17.2 Å². The highest BCUT2D eigenvalue weighted by atomic mass is 32.1. The van der Waals surface area contributed by atoms with Gasteiger partial charge in [0.15, 0.2) is 5.82 Å². The van der Waals surface area contributed by atoms with Gasteiger partial charge >= 0.3 is 0 Å². The molecule has 10 heteroatoms. The number of thiophene rings is 1. The van der Waals surface area contributed by atoms with Crippen molar-refractivity contribution in [3.8, 4) is 0 Å². The predicted molar refractivity (Wildman–Crippen MR) is 108 cm³/mol. The lowest BCUT2D eigenvalue weighted by Gasteiger charge is -2.49. The zero-order chi connectivity index (χ0) is 20.3. The molecule has 2 aliphatic rings. The smallest absolute Gasteiger partial charge is 0.264 e. The first-order valence-corrected chi connectivity index (χ1v) is 10.9. The number of nitrogens with zero attached hydrogens (tertiary/aromatic N) is 6. The lowest BCUT2D eigenvalue weighted by atomic mass is 9.85. The highest BCUT2D eigenvalue weighted by Gasteiger charge is 2.47. The molecule has 158 valence electrons. The van der Waals surface area contributed by atoms with E-state index in [1.807, 2.05) is 28.6 Å². The Kier molecular flexibility index (Phi) is 6.23. The van der Waals surface area contributed by atoms with Gasteiger partial charge in [0.05, 0.1) is 31.2 Å². The van der Waals surface area contributed by atoms with Crippen molar-refractivity contribution in [1.82, 2.24) is 30.0 Å². The highest BCUT2D eigenvalue weighted by Crippen LogP contribution is 2.37. The Labute approximate surface area is 174 Å². The van der Waals surface area contributed by atoms with Gasteiger partial charge in [-0.1, -0.05) is 0 Å². The molecule has 0 aromatic carbocycles. The van der Waals surface area contributed by atoms with Gasteiger partial charge in [0, 0.05) is 38.2 Å². The average Bonchev–Trinajstić information content (AvgIpc) is 3.41. The van der Waals surface area contributed by atoms with Gasteiger partial charge in [-0.25, -0.2) is 4.68 Å². The number of piperidine rings is 1. The van der Waals surface area contributed by atoms with E-state index in [1.165, 1.54) is 0 Å². The number of hydrogen-bond acceptors (Lipinski definition) is 8. The summed E-state index contributed by atoms with van der Waals surface area (Å²) in [7, 11) is 1.67. The number of morpholine rings is 1. The monoisotopic (exact) mass is 420 g/mol. The number of amides is 1. The fourth-order valence-electron chi connectivity index (χ4n) is 4.35. The molecule has 2 fully saturated rings. The molecule has 0 spiro atoms. The van der Waals surface area contributed by atoms with E-state index >= 15 is 0 Å². The second-order valence-corrected chi connectivity index (χ2v) is 8.88. The zero-order valence-corrected chi connectivity index (χ0v) is 17.9. The van der Waals surface area contributed by atoms with Crippen LogP contribution in [0, 0.1) is 6.92 Å². The summed E-state index contributed by atoms with van der Waals surface area (Å²) in [6.07, 6.45) is 1.82. The Morgan fingerprint density at radius 2 is 2.14 bits per heavy atom. The molecule has 0 N–H and O–H groups in total. The summed E-state index contributed by atoms with van der Waals surface area (Å²) in [6.45, 7) is 7.45. The SMILES string of the molecule is COCCn1nnnc1C1(N2CCOCC2)CCCN(C(=O)c2ccc(C)s2)C1. The van der Waals surface area contributed by atoms with Crippen LogP contribution in [0.25, 0.3) is 0 Å². The van der Waals surface area contributed by atoms with E-state index in [2.05, 4.69) is 20.4 Å². The number of carbonyl (C=O) groups excluding carboxylic acids is 1. The van der Waals surface area contributed by atoms with Crippen LogP contribution in [0.15, 0.2) is 12.1 Å². The van der Waals surface area contributed by atoms with E-state index in [-0.39, 0.29) is 5.91 Å². The van der Waals surface area contributed by atoms with Crippen molar-refractivity contribution in [1.29, 1.82) is 0 Å². The summed E-state index contributed by atoms with van der Waals surface area (Å²) >= 11 is 1.55. The van der Waals surface area contributed by atoms with Crippen LogP contribution in [-0.2, 0) is 21.6 Å². The lowest BCUT2D eigenvalue weighted by Crippen LogP contribution is -2.61. The number of methoxy groups -OCH3 is 1. The Bertz CT molecular complexity index is 834. The number of carbonyl (C=O) groups is 1. The van der Waals surface area contributed by atoms with Gasteiger partial charge in [-0.15, -0.1) is 16.4 Å². The summed E-state index contributed by atoms with van der Waals surface area (Å²) in [5.74, 6) is 0.910. The fraction of sp³-hybridized carbons (Fsp3) is 0.684. The van der Waals surface area contributed by atoms with E-state index < -0.39 is 5.54 Å². The number of aromatic nitrogens is 4. The Morgan fingerprint density at radius 1 is 1.31 bits per heavy atom. The van der Waals surface area contributed by atoms with Crippen LogP contribution < -0.4 is 0 Å². The Morgan fingerprint density at radius 3 is 2.86 bits per heavy atom. The maximum absolute atomic E-state index is 13.2. The molecule has 2 aromatic heterocycles. The van der Waals surface area contributed by atoms with Crippen molar-refractivity contribution < 1.29 is 14.3 Å². The molecule has 0 bridgehead atoms. The largest absolute Gasteiger partial charge is 0.383 e. The van der Waals surface area contributed by atoms with E-state index in [1.54, 1.807) is 18.4 Å². The minimum absolute atomic E-state index is 0.0938. The second kappa shape index (κ2) is 8.86. The number of ether oxygens (including phenoxy) is 2. The number of rotatable bonds is 6. The summed E-state index contributed by atoms with van der Waals surface area (Å²) in [6, 6.07) is 3.93. The van der Waals surface area contributed by atoms with Crippen LogP contribution in [0.3, 0.4) is 0 Å². The molecule has 1 atom stereocenters. The van der Waals surface area contributed by atoms with Gasteiger partial charge in [0.1, 0.15) is 5.54 Å². The van der Waals surface area contributed by atoms with Gasteiger partial charge in [-0.05, 0) is 42.3 Å². The minimum atomic E-state index is -0.415. The van der Waals surface area contributed by atoms with Crippen LogP contribution in [0.5, 0.6) is 0 Å². The first-order chi connectivity index (χ1) is 14.1. The molecule has 0 aliphatic carbocycles. The summed E-state index contributed by atoms with van der Waals surface area (Å²) in [4.78, 5) is 19.5. The van der Waals surface area contributed by atoms with Crippen molar-refractivity contribution in [2.24, 2.45) is 0 Å². The molecule has 29 heavy (non-hydrogen) atoms. The second-order valence-electron chi connectivity index (χ2n) is 7.59. The Balaban J connectivity index is 1.67. The maximum Gasteiger partial charge on any atom is 0.264 e. The van der Waals surface area contributed by atoms with Crippen molar-refractivity contribution in [3.05, 3.63) is 27.7 Å². The van der Waals surface area contributed by atoms with Gasteiger partial charge in [0.25, 0.3) is 5.91 Å². The first kappa shape index (κ1) is 20.4. The van der Waals surface area contributed by atoms with Crippen LogP contribution in [0.4, 0.5) is 0 Å². The van der Waals surface area contributed by atoms with Crippen molar-refractivity contribution in [2.45, 2.75) is 31.8 Å². The van der Waals surface area contributed by atoms with Crippen LogP contribution in [0.1, 0.15) is 33.2 Å². The van der Waals surface area contributed by atoms with Gasteiger partial charge in [-0.3, -0.25) is 9.69 Å². The quantitative estimate of drug-likeness (QED) is 0.693. The van der Waals surface area contributed by atoms with Crippen LogP contribution >= 0.6 is 11.3 Å². The third kappa shape index (κ3) is 4.07. The number of aryl methyl sites for hydroxylation is 1. The van der Waals surface area contributed by atoms with Gasteiger partial charge in [-0.2, -0.15) is 0 Å². The summed E-state index contributed by atoms with van der Waals surface area (Å²) in [5, 5.41) is 12.6. The van der Waals surface area contributed by atoms with Crippen molar-refractivity contribution in [3.63, 3.8) is 0 Å². The maximum atomic E-state index is 13.2. The predicted octanol–water partition coefficient (Wildman–Crippen LogP) is 1.15. The first-order valence-electron chi connectivity index (χ1n) is 10.1. The minimum Gasteiger partial charge on any atom is -0.383 e. The highest BCUT2D eigenvalue weighted by molar-refractivity contribution is 7.13. The molecule has 4 heterocycles. The van der Waals surface area contributed by atoms with E-state index in [4.69, 9.17) is 9.47 Å². The number of tetrazole rings is 1. The summed E-state index contributed by atoms with van der Waals surface area (Å²) < 4.78 is 12.7. The van der Waals surface area contributed by atoms with Crippen LogP contribution in [0.2, 0.25) is 0 Å². The van der Waals surface area contributed by atoms with Gasteiger partial charge < -0.3 is 14.4 Å². The lowest BCUT2D eigenvalue weighted by molar-refractivity contribution is -0.0572.